The summed E-state index contributed by atoms with van der Waals surface area (Å²) < 4.78 is 13.4. The van der Waals surface area contributed by atoms with Gasteiger partial charge in [0.1, 0.15) is 5.82 Å². The zero-order valence-corrected chi connectivity index (χ0v) is 12.4. The van der Waals surface area contributed by atoms with Crippen molar-refractivity contribution in [3.63, 3.8) is 0 Å². The Balaban J connectivity index is 2.03. The Morgan fingerprint density at radius 1 is 1.09 bits per heavy atom. The molecule has 0 atom stereocenters. The van der Waals surface area contributed by atoms with Crippen LogP contribution in [-0.2, 0) is 11.3 Å². The molecule has 0 aliphatic carbocycles. The van der Waals surface area contributed by atoms with Crippen LogP contribution in [-0.4, -0.2) is 11.8 Å². The second-order valence-electron chi connectivity index (χ2n) is 5.02. The first-order valence-corrected chi connectivity index (χ1v) is 6.86. The molecular weight excluding hydrogens is 283 g/mol. The number of nitrogens with one attached hydrogen (secondary N) is 2. The van der Waals surface area contributed by atoms with Crippen LogP contribution < -0.4 is 10.6 Å². The molecule has 0 radical (unpaired) electrons. The third-order valence-electron chi connectivity index (χ3n) is 3.19. The first-order valence-electron chi connectivity index (χ1n) is 6.86. The van der Waals surface area contributed by atoms with E-state index < -0.39 is 0 Å². The van der Waals surface area contributed by atoms with Crippen molar-refractivity contribution in [1.29, 1.82) is 0 Å². The number of carbonyl (C=O) groups excluding carboxylic acids is 2. The van der Waals surface area contributed by atoms with Crippen molar-refractivity contribution in [1.82, 2.24) is 5.32 Å². The molecule has 2 amide bonds. The Morgan fingerprint density at radius 3 is 2.36 bits per heavy atom. The number of hydrogen-bond acceptors (Lipinski definition) is 2. The summed E-state index contributed by atoms with van der Waals surface area (Å²) in [5, 5.41) is 5.33. The fraction of sp³-hybridized carbons (Fsp3) is 0.176. The lowest BCUT2D eigenvalue weighted by Gasteiger charge is -2.07. The second kappa shape index (κ2) is 6.85. The maximum Gasteiger partial charge on any atom is 0.255 e. The number of amides is 2. The van der Waals surface area contributed by atoms with Gasteiger partial charge in [0.05, 0.1) is 0 Å². The summed E-state index contributed by atoms with van der Waals surface area (Å²) in [5.74, 6) is -0.777. The third kappa shape index (κ3) is 4.15. The predicted molar refractivity (Wildman–Crippen MR) is 83.1 cm³/mol. The minimum atomic E-state index is -0.358. The minimum absolute atomic E-state index is 0.108. The minimum Gasteiger partial charge on any atom is -0.352 e. The summed E-state index contributed by atoms with van der Waals surface area (Å²) >= 11 is 0. The van der Waals surface area contributed by atoms with Crippen LogP contribution in [0.15, 0.2) is 42.5 Å². The molecule has 0 aromatic heterocycles. The molecule has 0 aliphatic rings. The summed E-state index contributed by atoms with van der Waals surface area (Å²) in [5.41, 5.74) is 2.30. The van der Waals surface area contributed by atoms with Gasteiger partial charge in [-0.05, 0) is 42.3 Å². The maximum absolute atomic E-state index is 13.4. The third-order valence-corrected chi connectivity index (χ3v) is 3.19. The van der Waals surface area contributed by atoms with Crippen LogP contribution in [0.1, 0.15) is 28.4 Å². The largest absolute Gasteiger partial charge is 0.352 e. The average Bonchev–Trinajstić information content (AvgIpc) is 2.49. The summed E-state index contributed by atoms with van der Waals surface area (Å²) in [6.07, 6.45) is 0. The van der Waals surface area contributed by atoms with Gasteiger partial charge in [0.15, 0.2) is 0 Å². The van der Waals surface area contributed by atoms with E-state index in [0.717, 1.165) is 5.56 Å². The van der Waals surface area contributed by atoms with E-state index in [1.165, 1.54) is 13.0 Å². The first kappa shape index (κ1) is 15.7. The summed E-state index contributed by atoms with van der Waals surface area (Å²) in [4.78, 5) is 22.9. The monoisotopic (exact) mass is 300 g/mol. The zero-order valence-electron chi connectivity index (χ0n) is 12.4. The van der Waals surface area contributed by atoms with Gasteiger partial charge in [-0.15, -0.1) is 0 Å². The number of hydrogen-bond donors (Lipinski definition) is 2. The van der Waals surface area contributed by atoms with Gasteiger partial charge in [-0.2, -0.15) is 0 Å². The molecule has 2 rings (SSSR count). The molecule has 0 saturated heterocycles. The predicted octanol–water partition coefficient (Wildman–Crippen LogP) is 3.02. The van der Waals surface area contributed by atoms with Gasteiger partial charge in [0, 0.05) is 24.7 Å². The van der Waals surface area contributed by atoms with E-state index in [1.54, 1.807) is 43.3 Å². The molecule has 0 aliphatic heterocycles. The Kier molecular flexibility index (Phi) is 4.88. The highest BCUT2D eigenvalue weighted by Gasteiger charge is 2.07. The quantitative estimate of drug-likeness (QED) is 0.912. The molecule has 0 spiro atoms. The van der Waals surface area contributed by atoms with Crippen LogP contribution in [0.4, 0.5) is 10.1 Å². The molecule has 0 saturated carbocycles. The highest BCUT2D eigenvalue weighted by Crippen LogP contribution is 2.15. The van der Waals surface area contributed by atoms with Gasteiger partial charge in [-0.1, -0.05) is 18.2 Å². The van der Waals surface area contributed by atoms with E-state index in [4.69, 9.17) is 0 Å². The van der Waals surface area contributed by atoms with Crippen molar-refractivity contribution < 1.29 is 14.0 Å². The SMILES string of the molecule is CC(=O)NCc1ccc(C(=O)Nc2ccc(C)c(F)c2)cc1. The fourth-order valence-corrected chi connectivity index (χ4v) is 1.87. The number of halogens is 1. The smallest absolute Gasteiger partial charge is 0.255 e. The van der Waals surface area contributed by atoms with E-state index in [-0.39, 0.29) is 17.6 Å². The molecule has 5 heteroatoms. The summed E-state index contributed by atoms with van der Waals surface area (Å²) in [6, 6.07) is 11.4. The van der Waals surface area contributed by atoms with E-state index in [1.807, 2.05) is 0 Å². The molecule has 114 valence electrons. The molecule has 2 aromatic rings. The molecule has 0 unspecified atom stereocenters. The Labute approximate surface area is 128 Å². The first-order chi connectivity index (χ1) is 10.5. The zero-order chi connectivity index (χ0) is 16.1. The van der Waals surface area contributed by atoms with Crippen LogP contribution in [0.2, 0.25) is 0 Å². The molecular formula is C17H17FN2O2. The summed E-state index contributed by atoms with van der Waals surface area (Å²) in [7, 11) is 0. The van der Waals surface area contributed by atoms with Crippen molar-refractivity contribution in [2.24, 2.45) is 0 Å². The molecule has 0 bridgehead atoms. The van der Waals surface area contributed by atoms with Crippen molar-refractivity contribution in [3.05, 3.63) is 65.0 Å². The topological polar surface area (TPSA) is 58.2 Å². The van der Waals surface area contributed by atoms with Crippen LogP contribution in [0.25, 0.3) is 0 Å². The van der Waals surface area contributed by atoms with Crippen molar-refractivity contribution in [2.75, 3.05) is 5.32 Å². The van der Waals surface area contributed by atoms with Crippen LogP contribution in [0, 0.1) is 12.7 Å². The van der Waals surface area contributed by atoms with Crippen LogP contribution in [0.5, 0.6) is 0 Å². The number of anilines is 1. The van der Waals surface area contributed by atoms with Gasteiger partial charge >= 0.3 is 0 Å². The van der Waals surface area contributed by atoms with E-state index in [2.05, 4.69) is 10.6 Å². The molecule has 22 heavy (non-hydrogen) atoms. The lowest BCUT2D eigenvalue weighted by molar-refractivity contribution is -0.119. The van der Waals surface area contributed by atoms with Crippen molar-refractivity contribution >= 4 is 17.5 Å². The summed E-state index contributed by atoms with van der Waals surface area (Å²) in [6.45, 7) is 3.53. The fourth-order valence-electron chi connectivity index (χ4n) is 1.87. The molecule has 2 N–H and O–H groups in total. The second-order valence-corrected chi connectivity index (χ2v) is 5.02. The standard InChI is InChI=1S/C17H17FN2O2/c1-11-3-8-15(9-16(11)18)20-17(22)14-6-4-13(5-7-14)10-19-12(2)21/h3-9H,10H2,1-2H3,(H,19,21)(H,20,22). The van der Waals surface area contributed by atoms with Crippen molar-refractivity contribution in [2.45, 2.75) is 20.4 Å². The van der Waals surface area contributed by atoms with Crippen molar-refractivity contribution in [3.8, 4) is 0 Å². The Bertz CT molecular complexity index is 696. The number of rotatable bonds is 4. The van der Waals surface area contributed by atoms with Gasteiger partial charge < -0.3 is 10.6 Å². The Morgan fingerprint density at radius 2 is 1.77 bits per heavy atom. The molecule has 4 nitrogen and oxygen atoms in total. The number of carbonyl (C=O) groups is 2. The molecule has 0 fully saturated rings. The lowest BCUT2D eigenvalue weighted by Crippen LogP contribution is -2.19. The van der Waals surface area contributed by atoms with Crippen LogP contribution in [0.3, 0.4) is 0 Å². The van der Waals surface area contributed by atoms with Gasteiger partial charge in [-0.25, -0.2) is 4.39 Å². The van der Waals surface area contributed by atoms with Crippen LogP contribution >= 0.6 is 0 Å². The highest BCUT2D eigenvalue weighted by molar-refractivity contribution is 6.04. The highest BCUT2D eigenvalue weighted by atomic mass is 19.1. The van der Waals surface area contributed by atoms with Gasteiger partial charge in [-0.3, -0.25) is 9.59 Å². The normalized spacial score (nSPS) is 10.1. The van der Waals surface area contributed by atoms with Gasteiger partial charge in [0.2, 0.25) is 5.91 Å². The number of aryl methyl sites for hydroxylation is 1. The van der Waals surface area contributed by atoms with Gasteiger partial charge in [0.25, 0.3) is 5.91 Å². The lowest BCUT2D eigenvalue weighted by atomic mass is 10.1. The molecule has 0 heterocycles. The van der Waals surface area contributed by atoms with E-state index in [9.17, 15) is 14.0 Å². The number of benzene rings is 2. The maximum atomic E-state index is 13.4. The van der Waals surface area contributed by atoms with E-state index in [0.29, 0.717) is 23.4 Å². The average molecular weight is 300 g/mol. The Hall–Kier alpha value is -2.69. The van der Waals surface area contributed by atoms with E-state index >= 15 is 0 Å². The molecule has 2 aromatic carbocycles.